The monoisotopic (exact) mass is 245 g/mol. The first-order valence-electron chi connectivity index (χ1n) is 5.29. The van der Waals surface area contributed by atoms with Crippen molar-refractivity contribution >= 4 is 11.9 Å². The van der Waals surface area contributed by atoms with E-state index in [-0.39, 0.29) is 5.56 Å². The summed E-state index contributed by atoms with van der Waals surface area (Å²) in [7, 11) is 0. The number of carbonyl (C=O) groups is 2. The van der Waals surface area contributed by atoms with Crippen LogP contribution in [-0.2, 0) is 4.79 Å². The number of rotatable bonds is 4. The lowest BCUT2D eigenvalue weighted by atomic mass is 10.1. The normalized spacial score (nSPS) is 11.8. The molecule has 1 amide bonds. The molecule has 2 N–H and O–H groups in total. The Hall–Kier alpha value is -2.56. The molecule has 1 heterocycles. The van der Waals surface area contributed by atoms with Crippen molar-refractivity contribution in [3.8, 4) is 0 Å². The van der Waals surface area contributed by atoms with Gasteiger partial charge in [-0.2, -0.15) is 0 Å². The predicted octanol–water partition coefficient (Wildman–Crippen LogP) is 1.84. The molecule has 0 aliphatic rings. The molecule has 1 atom stereocenters. The summed E-state index contributed by atoms with van der Waals surface area (Å²) in [6, 6.07) is 8.90. The lowest BCUT2D eigenvalue weighted by molar-refractivity contribution is -0.139. The highest BCUT2D eigenvalue weighted by Crippen LogP contribution is 2.13. The topological polar surface area (TPSA) is 79.5 Å². The summed E-state index contributed by atoms with van der Waals surface area (Å²) in [5, 5.41) is 11.6. The maximum absolute atomic E-state index is 11.8. The van der Waals surface area contributed by atoms with Crippen molar-refractivity contribution in [3.05, 3.63) is 60.1 Å². The summed E-state index contributed by atoms with van der Waals surface area (Å²) in [5.74, 6) is -1.60. The number of furan rings is 1. The Bertz CT molecular complexity index is 533. The van der Waals surface area contributed by atoms with Gasteiger partial charge in [0.25, 0.3) is 5.91 Å². The van der Waals surface area contributed by atoms with Crippen LogP contribution in [0.3, 0.4) is 0 Å². The predicted molar refractivity (Wildman–Crippen MR) is 63.0 cm³/mol. The van der Waals surface area contributed by atoms with Crippen molar-refractivity contribution in [1.82, 2.24) is 5.32 Å². The van der Waals surface area contributed by atoms with Crippen molar-refractivity contribution in [2.75, 3.05) is 0 Å². The van der Waals surface area contributed by atoms with Crippen molar-refractivity contribution in [3.63, 3.8) is 0 Å². The van der Waals surface area contributed by atoms with Crippen LogP contribution in [0.25, 0.3) is 0 Å². The highest BCUT2D eigenvalue weighted by molar-refractivity contribution is 5.96. The Morgan fingerprint density at radius 3 is 2.44 bits per heavy atom. The minimum absolute atomic E-state index is 0.289. The van der Waals surface area contributed by atoms with Crippen LogP contribution < -0.4 is 5.32 Å². The van der Waals surface area contributed by atoms with E-state index in [0.717, 1.165) is 0 Å². The summed E-state index contributed by atoms with van der Waals surface area (Å²) < 4.78 is 4.78. The van der Waals surface area contributed by atoms with Crippen LogP contribution in [-0.4, -0.2) is 17.0 Å². The molecule has 1 aromatic heterocycles. The van der Waals surface area contributed by atoms with Crippen molar-refractivity contribution in [1.29, 1.82) is 0 Å². The van der Waals surface area contributed by atoms with Crippen LogP contribution in [0.5, 0.6) is 0 Å². The zero-order valence-electron chi connectivity index (χ0n) is 9.37. The summed E-state index contributed by atoms with van der Waals surface area (Å²) in [6.07, 6.45) is 2.62. The van der Waals surface area contributed by atoms with Gasteiger partial charge in [0.2, 0.25) is 0 Å². The van der Waals surface area contributed by atoms with Crippen LogP contribution in [0.2, 0.25) is 0 Å². The van der Waals surface area contributed by atoms with Gasteiger partial charge in [0.15, 0.2) is 6.04 Å². The molecule has 0 aliphatic carbocycles. The molecule has 0 spiro atoms. The molecule has 0 fully saturated rings. The standard InChI is InChI=1S/C13H11NO4/c15-12(10-6-7-18-8-10)14-11(13(16)17)9-4-2-1-3-5-9/h1-8,11H,(H,14,15)(H,16,17). The van der Waals surface area contributed by atoms with Gasteiger partial charge in [-0.3, -0.25) is 4.79 Å². The van der Waals surface area contributed by atoms with Gasteiger partial charge in [0.05, 0.1) is 11.8 Å². The summed E-state index contributed by atoms with van der Waals surface area (Å²) >= 11 is 0. The zero-order chi connectivity index (χ0) is 13.0. The van der Waals surface area contributed by atoms with E-state index in [1.165, 1.54) is 18.6 Å². The van der Waals surface area contributed by atoms with Crippen molar-refractivity contribution in [2.45, 2.75) is 6.04 Å². The fourth-order valence-corrected chi connectivity index (χ4v) is 1.54. The van der Waals surface area contributed by atoms with E-state index < -0.39 is 17.9 Å². The molecule has 5 nitrogen and oxygen atoms in total. The Kier molecular flexibility index (Phi) is 3.43. The molecule has 0 bridgehead atoms. The average Bonchev–Trinajstić information content (AvgIpc) is 2.90. The Balaban J connectivity index is 2.18. The quantitative estimate of drug-likeness (QED) is 0.861. The van der Waals surface area contributed by atoms with Gasteiger partial charge in [0.1, 0.15) is 6.26 Å². The summed E-state index contributed by atoms with van der Waals surface area (Å²) in [5.41, 5.74) is 0.805. The number of hydrogen-bond donors (Lipinski definition) is 2. The molecular weight excluding hydrogens is 234 g/mol. The van der Waals surface area contributed by atoms with E-state index >= 15 is 0 Å². The molecule has 92 valence electrons. The first kappa shape index (κ1) is 11.9. The molecule has 0 saturated heterocycles. The zero-order valence-corrected chi connectivity index (χ0v) is 9.37. The molecule has 0 radical (unpaired) electrons. The van der Waals surface area contributed by atoms with E-state index in [0.29, 0.717) is 5.56 Å². The van der Waals surface area contributed by atoms with Gasteiger partial charge in [0, 0.05) is 0 Å². The fourth-order valence-electron chi connectivity index (χ4n) is 1.54. The lowest BCUT2D eigenvalue weighted by Crippen LogP contribution is -2.33. The van der Waals surface area contributed by atoms with E-state index in [9.17, 15) is 9.59 Å². The number of carboxylic acids is 1. The second-order valence-corrected chi connectivity index (χ2v) is 3.67. The molecule has 5 heteroatoms. The van der Waals surface area contributed by atoms with Gasteiger partial charge in [-0.05, 0) is 11.6 Å². The molecule has 18 heavy (non-hydrogen) atoms. The molecule has 1 unspecified atom stereocenters. The molecule has 0 aliphatic heterocycles. The van der Waals surface area contributed by atoms with Crippen LogP contribution in [0, 0.1) is 0 Å². The molecule has 1 aromatic carbocycles. The largest absolute Gasteiger partial charge is 0.479 e. The summed E-state index contributed by atoms with van der Waals surface area (Å²) in [6.45, 7) is 0. The third kappa shape index (κ3) is 2.57. The van der Waals surface area contributed by atoms with Gasteiger partial charge >= 0.3 is 5.97 Å². The van der Waals surface area contributed by atoms with Gasteiger partial charge < -0.3 is 14.8 Å². The number of nitrogens with one attached hydrogen (secondary N) is 1. The Labute approximate surface area is 103 Å². The van der Waals surface area contributed by atoms with Gasteiger partial charge in [-0.25, -0.2) is 4.79 Å². The van der Waals surface area contributed by atoms with Crippen LogP contribution in [0.4, 0.5) is 0 Å². The summed E-state index contributed by atoms with van der Waals surface area (Å²) in [4.78, 5) is 22.9. The van der Waals surface area contributed by atoms with Crippen LogP contribution in [0.1, 0.15) is 22.0 Å². The van der Waals surface area contributed by atoms with E-state index in [1.54, 1.807) is 30.3 Å². The second kappa shape index (κ2) is 5.18. The van der Waals surface area contributed by atoms with Crippen LogP contribution >= 0.6 is 0 Å². The van der Waals surface area contributed by atoms with E-state index in [2.05, 4.69) is 5.32 Å². The maximum atomic E-state index is 11.8. The molecule has 0 saturated carbocycles. The van der Waals surface area contributed by atoms with Crippen molar-refractivity contribution in [2.24, 2.45) is 0 Å². The highest BCUT2D eigenvalue weighted by atomic mass is 16.4. The lowest BCUT2D eigenvalue weighted by Gasteiger charge is -2.14. The number of benzene rings is 1. The Morgan fingerprint density at radius 2 is 1.89 bits per heavy atom. The third-order valence-electron chi connectivity index (χ3n) is 2.44. The first-order valence-corrected chi connectivity index (χ1v) is 5.29. The molecule has 2 rings (SSSR count). The first-order chi connectivity index (χ1) is 8.68. The SMILES string of the molecule is O=C(NC(C(=O)O)c1ccccc1)c1ccoc1. The maximum Gasteiger partial charge on any atom is 0.330 e. The van der Waals surface area contributed by atoms with Crippen LogP contribution in [0.15, 0.2) is 53.3 Å². The highest BCUT2D eigenvalue weighted by Gasteiger charge is 2.22. The third-order valence-corrected chi connectivity index (χ3v) is 2.44. The van der Waals surface area contributed by atoms with E-state index in [4.69, 9.17) is 9.52 Å². The van der Waals surface area contributed by atoms with Crippen molar-refractivity contribution < 1.29 is 19.1 Å². The number of aliphatic carboxylic acids is 1. The average molecular weight is 245 g/mol. The Morgan fingerprint density at radius 1 is 1.17 bits per heavy atom. The molecular formula is C13H11NO4. The number of carbonyl (C=O) groups excluding carboxylic acids is 1. The fraction of sp³-hybridized carbons (Fsp3) is 0.0769. The van der Waals surface area contributed by atoms with E-state index in [1.807, 2.05) is 0 Å². The number of amides is 1. The smallest absolute Gasteiger partial charge is 0.330 e. The number of hydrogen-bond acceptors (Lipinski definition) is 3. The van der Waals surface area contributed by atoms with Gasteiger partial charge in [-0.1, -0.05) is 30.3 Å². The molecule has 2 aromatic rings. The van der Waals surface area contributed by atoms with Gasteiger partial charge in [-0.15, -0.1) is 0 Å². The number of carboxylic acid groups (broad SMARTS) is 1. The minimum atomic E-state index is -1.11. The minimum Gasteiger partial charge on any atom is -0.479 e. The second-order valence-electron chi connectivity index (χ2n) is 3.67.